The molecule has 1 N–H and O–H groups in total. The van der Waals surface area contributed by atoms with Crippen LogP contribution in [0.2, 0.25) is 0 Å². The summed E-state index contributed by atoms with van der Waals surface area (Å²) >= 11 is 0. The number of aromatic nitrogens is 1. The molecule has 1 atom stereocenters. The van der Waals surface area contributed by atoms with Crippen LogP contribution in [0.1, 0.15) is 88.6 Å². The molecule has 122 valence electrons. The molecule has 1 aromatic heterocycles. The van der Waals surface area contributed by atoms with Gasteiger partial charge in [-0.3, -0.25) is 4.98 Å². The maximum atomic E-state index is 4.97. The van der Waals surface area contributed by atoms with Crippen LogP contribution >= 0.6 is 0 Å². The lowest BCUT2D eigenvalue weighted by atomic mass is 9.81. The highest BCUT2D eigenvalue weighted by atomic mass is 15.0. The van der Waals surface area contributed by atoms with Crippen molar-refractivity contribution in [2.45, 2.75) is 89.6 Å². The summed E-state index contributed by atoms with van der Waals surface area (Å²) in [6.07, 6.45) is 15.0. The summed E-state index contributed by atoms with van der Waals surface area (Å²) in [6, 6.07) is 7.83. The first-order valence-electron chi connectivity index (χ1n) is 9.58. The van der Waals surface area contributed by atoms with Gasteiger partial charge < -0.3 is 5.32 Å². The lowest BCUT2D eigenvalue weighted by molar-refractivity contribution is 0.230. The van der Waals surface area contributed by atoms with E-state index < -0.39 is 0 Å². The summed E-state index contributed by atoms with van der Waals surface area (Å²) in [5.41, 5.74) is 2.54. The lowest BCUT2D eigenvalue weighted by Gasteiger charge is -2.35. The minimum Gasteiger partial charge on any atom is -0.306 e. The molecule has 1 unspecified atom stereocenters. The Kier molecular flexibility index (Phi) is 5.89. The van der Waals surface area contributed by atoms with E-state index in [1.165, 1.54) is 75.6 Å². The number of pyridine rings is 1. The molecule has 0 aromatic carbocycles. The Hall–Kier alpha value is -0.890. The summed E-state index contributed by atoms with van der Waals surface area (Å²) in [4.78, 5) is 4.97. The minimum absolute atomic E-state index is 0.481. The van der Waals surface area contributed by atoms with Crippen molar-refractivity contribution in [3.05, 3.63) is 29.6 Å². The van der Waals surface area contributed by atoms with Crippen LogP contribution in [0.4, 0.5) is 0 Å². The summed E-state index contributed by atoms with van der Waals surface area (Å²) < 4.78 is 0. The van der Waals surface area contributed by atoms with Crippen LogP contribution in [0.25, 0.3) is 0 Å². The Morgan fingerprint density at radius 3 is 2.36 bits per heavy atom. The minimum atomic E-state index is 0.481. The maximum absolute atomic E-state index is 4.97. The van der Waals surface area contributed by atoms with E-state index in [9.17, 15) is 0 Å². The van der Waals surface area contributed by atoms with Gasteiger partial charge in [-0.1, -0.05) is 51.5 Å². The normalized spacial score (nSPS) is 22.6. The summed E-state index contributed by atoms with van der Waals surface area (Å²) in [5.74, 6) is 0.787. The summed E-state index contributed by atoms with van der Waals surface area (Å²) in [5, 5.41) is 4.03. The smallest absolute Gasteiger partial charge is 0.0579 e. The van der Waals surface area contributed by atoms with Crippen LogP contribution in [0.15, 0.2) is 18.2 Å². The molecule has 2 nitrogen and oxygen atoms in total. The zero-order valence-electron chi connectivity index (χ0n) is 14.2. The Morgan fingerprint density at radius 2 is 1.68 bits per heavy atom. The van der Waals surface area contributed by atoms with Gasteiger partial charge in [0.1, 0.15) is 0 Å². The van der Waals surface area contributed by atoms with Crippen LogP contribution in [-0.4, -0.2) is 11.0 Å². The average molecular weight is 300 g/mol. The second-order valence-electron chi connectivity index (χ2n) is 7.28. The second-order valence-corrected chi connectivity index (χ2v) is 7.28. The van der Waals surface area contributed by atoms with Crippen LogP contribution in [-0.2, 0) is 6.42 Å². The first-order chi connectivity index (χ1) is 10.9. The van der Waals surface area contributed by atoms with E-state index in [2.05, 4.69) is 30.4 Å². The topological polar surface area (TPSA) is 24.9 Å². The fraction of sp³-hybridized carbons (Fsp3) is 0.750. The Morgan fingerprint density at radius 1 is 1.00 bits per heavy atom. The third-order valence-corrected chi connectivity index (χ3v) is 5.65. The zero-order valence-corrected chi connectivity index (χ0v) is 14.2. The van der Waals surface area contributed by atoms with Gasteiger partial charge in [-0.25, -0.2) is 0 Å². The van der Waals surface area contributed by atoms with Gasteiger partial charge in [-0.05, 0) is 50.2 Å². The molecular formula is C20H32N2. The first kappa shape index (κ1) is 16.0. The SMILES string of the molecule is CCc1cccc(C(NC2CCCCC2)C2CCCCC2)n1. The summed E-state index contributed by atoms with van der Waals surface area (Å²) in [6.45, 7) is 2.20. The standard InChI is InChI=1S/C20H32N2/c1-2-17-14-9-15-19(21-17)20(16-10-5-3-6-11-16)22-18-12-7-4-8-13-18/h9,14-16,18,20,22H,2-8,10-13H2,1H3. The highest BCUT2D eigenvalue weighted by Gasteiger charge is 2.28. The zero-order chi connectivity index (χ0) is 15.2. The van der Waals surface area contributed by atoms with Gasteiger partial charge in [0, 0.05) is 11.7 Å². The van der Waals surface area contributed by atoms with Crippen LogP contribution in [0.5, 0.6) is 0 Å². The van der Waals surface area contributed by atoms with Crippen molar-refractivity contribution in [2.24, 2.45) is 5.92 Å². The summed E-state index contributed by atoms with van der Waals surface area (Å²) in [7, 11) is 0. The van der Waals surface area contributed by atoms with Gasteiger partial charge in [-0.15, -0.1) is 0 Å². The molecule has 2 fully saturated rings. The quantitative estimate of drug-likeness (QED) is 0.809. The van der Waals surface area contributed by atoms with E-state index in [1.54, 1.807) is 0 Å². The monoisotopic (exact) mass is 300 g/mol. The van der Waals surface area contributed by atoms with Gasteiger partial charge >= 0.3 is 0 Å². The van der Waals surface area contributed by atoms with E-state index in [0.717, 1.165) is 12.3 Å². The van der Waals surface area contributed by atoms with Gasteiger partial charge in [0.25, 0.3) is 0 Å². The second kappa shape index (κ2) is 8.10. The largest absolute Gasteiger partial charge is 0.306 e. The first-order valence-corrected chi connectivity index (χ1v) is 9.58. The molecule has 2 heteroatoms. The highest BCUT2D eigenvalue weighted by molar-refractivity contribution is 5.16. The van der Waals surface area contributed by atoms with Crippen molar-refractivity contribution in [1.82, 2.24) is 10.3 Å². The molecule has 1 heterocycles. The van der Waals surface area contributed by atoms with Crippen LogP contribution < -0.4 is 5.32 Å². The van der Waals surface area contributed by atoms with Crippen molar-refractivity contribution in [3.63, 3.8) is 0 Å². The molecular weight excluding hydrogens is 268 g/mol. The van der Waals surface area contributed by atoms with Crippen molar-refractivity contribution >= 4 is 0 Å². The number of hydrogen-bond acceptors (Lipinski definition) is 2. The van der Waals surface area contributed by atoms with Crippen LogP contribution in [0.3, 0.4) is 0 Å². The van der Waals surface area contributed by atoms with Crippen molar-refractivity contribution in [2.75, 3.05) is 0 Å². The third-order valence-electron chi connectivity index (χ3n) is 5.65. The van der Waals surface area contributed by atoms with E-state index in [0.29, 0.717) is 12.1 Å². The highest BCUT2D eigenvalue weighted by Crippen LogP contribution is 2.35. The number of nitrogens with one attached hydrogen (secondary N) is 1. The Labute approximate surface area is 136 Å². The van der Waals surface area contributed by atoms with Crippen LogP contribution in [0, 0.1) is 5.92 Å². The molecule has 1 aromatic rings. The third kappa shape index (κ3) is 4.10. The van der Waals surface area contributed by atoms with Crippen molar-refractivity contribution in [1.29, 1.82) is 0 Å². The van der Waals surface area contributed by atoms with E-state index in [-0.39, 0.29) is 0 Å². The predicted octanol–water partition coefficient (Wildman–Crippen LogP) is 5.19. The molecule has 2 aliphatic carbocycles. The average Bonchev–Trinajstić information content (AvgIpc) is 2.61. The predicted molar refractivity (Wildman–Crippen MR) is 92.9 cm³/mol. The number of rotatable bonds is 5. The fourth-order valence-corrected chi connectivity index (χ4v) is 4.32. The Balaban J connectivity index is 1.77. The molecule has 0 bridgehead atoms. The van der Waals surface area contributed by atoms with Gasteiger partial charge in [-0.2, -0.15) is 0 Å². The lowest BCUT2D eigenvalue weighted by Crippen LogP contribution is -2.39. The van der Waals surface area contributed by atoms with Gasteiger partial charge in [0.15, 0.2) is 0 Å². The molecule has 22 heavy (non-hydrogen) atoms. The molecule has 0 spiro atoms. The maximum Gasteiger partial charge on any atom is 0.0579 e. The Bertz CT molecular complexity index is 445. The number of hydrogen-bond donors (Lipinski definition) is 1. The van der Waals surface area contributed by atoms with E-state index in [1.807, 2.05) is 0 Å². The van der Waals surface area contributed by atoms with Crippen molar-refractivity contribution < 1.29 is 0 Å². The molecule has 0 aliphatic heterocycles. The fourth-order valence-electron chi connectivity index (χ4n) is 4.32. The molecule has 2 aliphatic rings. The van der Waals surface area contributed by atoms with E-state index >= 15 is 0 Å². The van der Waals surface area contributed by atoms with Gasteiger partial charge in [0.05, 0.1) is 11.7 Å². The van der Waals surface area contributed by atoms with E-state index in [4.69, 9.17) is 4.98 Å². The molecule has 0 amide bonds. The van der Waals surface area contributed by atoms with Crippen molar-refractivity contribution in [3.8, 4) is 0 Å². The van der Waals surface area contributed by atoms with Gasteiger partial charge in [0.2, 0.25) is 0 Å². The number of aryl methyl sites for hydroxylation is 1. The molecule has 3 rings (SSSR count). The number of nitrogens with zero attached hydrogens (tertiary/aromatic N) is 1. The molecule has 0 saturated heterocycles. The molecule has 0 radical (unpaired) electrons. The molecule has 2 saturated carbocycles.